The highest BCUT2D eigenvalue weighted by Crippen LogP contribution is 2.70. The molecule has 40 heavy (non-hydrogen) atoms. The summed E-state index contributed by atoms with van der Waals surface area (Å²) < 4.78 is 49.1. The average Bonchev–Trinajstić information content (AvgIpc) is 2.97. The molecule has 0 aromatic heterocycles. The smallest absolute Gasteiger partial charge is 0.274 e. The lowest BCUT2D eigenvalue weighted by atomic mass is 10.3. The molecule has 0 aliphatic heterocycles. The van der Waals surface area contributed by atoms with Crippen LogP contribution in [0, 0.1) is 0 Å². The summed E-state index contributed by atoms with van der Waals surface area (Å²) in [5.74, 6) is 3.28. The fraction of sp³-hybridized carbons (Fsp3) is 0.0625. The van der Waals surface area contributed by atoms with Crippen molar-refractivity contribution in [2.45, 2.75) is 14.7 Å². The number of para-hydroxylation sites is 2. The Morgan fingerprint density at radius 3 is 1.10 bits per heavy atom. The van der Waals surface area contributed by atoms with Gasteiger partial charge in [-0.3, -0.25) is 0 Å². The van der Waals surface area contributed by atoms with Crippen LogP contribution in [0.4, 0.5) is 0 Å². The molecule has 0 atom stereocenters. The predicted molar refractivity (Wildman–Crippen MR) is 157 cm³/mol. The molecular formula is C32H28O6S2. The first-order chi connectivity index (χ1) is 19.4. The largest absolute Gasteiger partial charge is 0.497 e. The molecule has 0 radical (unpaired) electrons. The van der Waals surface area contributed by atoms with Gasteiger partial charge in [0.25, 0.3) is 10.1 Å². The fourth-order valence-electron chi connectivity index (χ4n) is 4.13. The van der Waals surface area contributed by atoms with Gasteiger partial charge in [0.2, 0.25) is 0 Å². The van der Waals surface area contributed by atoms with Crippen molar-refractivity contribution in [1.29, 1.82) is 0 Å². The highest BCUT2D eigenvalue weighted by molar-refractivity contribution is 8.33. The van der Waals surface area contributed by atoms with Crippen molar-refractivity contribution in [3.63, 3.8) is 0 Å². The summed E-state index contributed by atoms with van der Waals surface area (Å²) in [5.41, 5.74) is 0. The van der Waals surface area contributed by atoms with Crippen LogP contribution in [0.15, 0.2) is 148 Å². The van der Waals surface area contributed by atoms with E-state index in [0.717, 1.165) is 6.26 Å². The van der Waals surface area contributed by atoms with Crippen molar-refractivity contribution >= 4 is 20.4 Å². The van der Waals surface area contributed by atoms with Crippen LogP contribution in [-0.2, 0) is 13.7 Å². The topological polar surface area (TPSA) is 71.1 Å². The van der Waals surface area contributed by atoms with Crippen LogP contribution in [0.5, 0.6) is 28.7 Å². The molecule has 0 aliphatic rings. The van der Waals surface area contributed by atoms with E-state index in [4.69, 9.17) is 17.8 Å². The molecule has 0 heterocycles. The Kier molecular flexibility index (Phi) is 8.11. The zero-order chi connectivity index (χ0) is 28.0. The molecule has 0 amide bonds. The minimum Gasteiger partial charge on any atom is -0.497 e. The zero-order valence-electron chi connectivity index (χ0n) is 22.0. The van der Waals surface area contributed by atoms with Crippen LogP contribution in [0.25, 0.3) is 0 Å². The lowest BCUT2D eigenvalue weighted by Gasteiger charge is -2.39. The van der Waals surface area contributed by atoms with Crippen LogP contribution in [-0.4, -0.2) is 21.8 Å². The second kappa shape index (κ2) is 11.9. The summed E-state index contributed by atoms with van der Waals surface area (Å²) in [7, 11) is -5.08. The van der Waals surface area contributed by atoms with Crippen molar-refractivity contribution in [2.24, 2.45) is 0 Å². The van der Waals surface area contributed by atoms with Gasteiger partial charge in [-0.05, 0) is 107 Å². The Morgan fingerprint density at radius 1 is 0.450 bits per heavy atom. The van der Waals surface area contributed by atoms with Gasteiger partial charge in [-0.25, -0.2) is 3.63 Å². The summed E-state index contributed by atoms with van der Waals surface area (Å²) >= 11 is 0. The highest BCUT2D eigenvalue weighted by Gasteiger charge is 2.36. The van der Waals surface area contributed by atoms with Crippen LogP contribution in [0.1, 0.15) is 0 Å². The number of hydrogen-bond donors (Lipinski definition) is 0. The first-order valence-electron chi connectivity index (χ1n) is 12.4. The highest BCUT2D eigenvalue weighted by atomic mass is 32.3. The van der Waals surface area contributed by atoms with Crippen molar-refractivity contribution in [3.8, 4) is 28.7 Å². The Bertz CT molecular complexity index is 1550. The van der Waals surface area contributed by atoms with Gasteiger partial charge in [-0.2, -0.15) is 8.42 Å². The monoisotopic (exact) mass is 572 g/mol. The number of benzene rings is 5. The van der Waals surface area contributed by atoms with Crippen LogP contribution >= 0.6 is 10.3 Å². The van der Waals surface area contributed by atoms with Gasteiger partial charge in [0.1, 0.15) is 28.7 Å². The molecule has 0 saturated heterocycles. The molecule has 0 spiro atoms. The van der Waals surface area contributed by atoms with E-state index in [-0.39, 0.29) is 0 Å². The fourth-order valence-corrected chi connectivity index (χ4v) is 8.93. The number of rotatable bonds is 10. The van der Waals surface area contributed by atoms with Crippen LogP contribution in [0.3, 0.4) is 0 Å². The molecule has 6 nitrogen and oxygen atoms in total. The maximum absolute atomic E-state index is 12.8. The molecule has 0 bridgehead atoms. The molecule has 0 N–H and O–H groups in total. The minimum absolute atomic E-state index is 0.615. The van der Waals surface area contributed by atoms with Gasteiger partial charge in [-0.15, -0.1) is 0 Å². The Morgan fingerprint density at radius 2 is 0.775 bits per heavy atom. The van der Waals surface area contributed by atoms with Gasteiger partial charge in [0.05, 0.1) is 13.4 Å². The third kappa shape index (κ3) is 6.31. The number of methoxy groups -OCH3 is 1. The van der Waals surface area contributed by atoms with Gasteiger partial charge in [0.15, 0.2) is 0 Å². The average molecular weight is 573 g/mol. The molecule has 204 valence electrons. The van der Waals surface area contributed by atoms with Gasteiger partial charge in [0, 0.05) is 14.7 Å². The lowest BCUT2D eigenvalue weighted by Crippen LogP contribution is -2.13. The second-order valence-corrected chi connectivity index (χ2v) is 13.3. The SMILES string of the molecule is COc1ccc(S(OS(C)(=O)=O)(c2ccc(Oc3ccccc3)cc2)c2ccc(Oc3ccccc3)cc2)cc1. The van der Waals surface area contributed by atoms with Crippen molar-refractivity contribution in [3.05, 3.63) is 133 Å². The molecule has 8 heteroatoms. The van der Waals surface area contributed by atoms with E-state index in [9.17, 15) is 8.42 Å². The first kappa shape index (κ1) is 27.3. The van der Waals surface area contributed by atoms with Gasteiger partial charge >= 0.3 is 0 Å². The van der Waals surface area contributed by atoms with Gasteiger partial charge in [-0.1, -0.05) is 36.4 Å². The van der Waals surface area contributed by atoms with Crippen LogP contribution < -0.4 is 14.2 Å². The zero-order valence-corrected chi connectivity index (χ0v) is 23.6. The van der Waals surface area contributed by atoms with E-state index >= 15 is 0 Å². The van der Waals surface area contributed by atoms with Crippen molar-refractivity contribution in [1.82, 2.24) is 0 Å². The summed E-state index contributed by atoms with van der Waals surface area (Å²) in [6.07, 6.45) is 1.07. The molecule has 5 aromatic carbocycles. The summed E-state index contributed by atoms with van der Waals surface area (Å²) in [6.45, 7) is 0. The standard InChI is InChI=1S/C32H28O6S2/c1-35-25-13-19-30(20-14-25)40(38-39(2,33)34,31-21-15-28(16-22-31)36-26-9-5-3-6-10-26)32-23-17-29(18-24-32)37-27-11-7-4-8-12-27/h3-24H,1-2H3. The molecule has 5 rings (SSSR count). The first-order valence-corrected chi connectivity index (χ1v) is 15.8. The van der Waals surface area contributed by atoms with E-state index < -0.39 is 20.4 Å². The summed E-state index contributed by atoms with van der Waals surface area (Å²) in [5, 5.41) is 0. The van der Waals surface area contributed by atoms with E-state index in [0.29, 0.717) is 43.4 Å². The maximum Gasteiger partial charge on any atom is 0.274 e. The third-order valence-corrected chi connectivity index (χ3v) is 10.5. The van der Waals surface area contributed by atoms with E-state index in [1.165, 1.54) is 0 Å². The van der Waals surface area contributed by atoms with Crippen LogP contribution in [0.2, 0.25) is 0 Å². The van der Waals surface area contributed by atoms with E-state index in [1.807, 2.05) is 121 Å². The van der Waals surface area contributed by atoms with E-state index in [1.54, 1.807) is 19.2 Å². The molecule has 0 aliphatic carbocycles. The Balaban J connectivity index is 1.61. The maximum atomic E-state index is 12.8. The third-order valence-electron chi connectivity index (χ3n) is 5.89. The summed E-state index contributed by atoms with van der Waals surface area (Å²) in [4.78, 5) is 2.05. The Hall–Kier alpha value is -4.24. The molecule has 5 aromatic rings. The minimum atomic E-state index is -3.92. The van der Waals surface area contributed by atoms with Gasteiger partial charge < -0.3 is 14.2 Å². The molecule has 0 fully saturated rings. The quantitative estimate of drug-likeness (QED) is 0.167. The predicted octanol–water partition coefficient (Wildman–Crippen LogP) is 8.45. The summed E-state index contributed by atoms with van der Waals surface area (Å²) in [6, 6.07) is 40.8. The van der Waals surface area contributed by atoms with Crippen molar-refractivity contribution < 1.29 is 26.3 Å². The lowest BCUT2D eigenvalue weighted by molar-refractivity contribution is 0.414. The molecule has 0 unspecified atom stereocenters. The molecular weight excluding hydrogens is 544 g/mol. The Labute approximate surface area is 236 Å². The number of ether oxygens (including phenoxy) is 3. The number of hydrogen-bond acceptors (Lipinski definition) is 6. The second-order valence-electron chi connectivity index (χ2n) is 8.78. The molecule has 0 saturated carbocycles. The van der Waals surface area contributed by atoms with E-state index in [2.05, 4.69) is 0 Å². The normalized spacial score (nSPS) is 11.9. The van der Waals surface area contributed by atoms with Crippen molar-refractivity contribution in [2.75, 3.05) is 13.4 Å².